The van der Waals surface area contributed by atoms with Gasteiger partial charge in [-0.2, -0.15) is 0 Å². The summed E-state index contributed by atoms with van der Waals surface area (Å²) in [5.74, 6) is 0.0410. The summed E-state index contributed by atoms with van der Waals surface area (Å²) in [6.07, 6.45) is 0.438. The molecular formula is C13H8Br2ClNOS. The quantitative estimate of drug-likeness (QED) is 0.668. The van der Waals surface area contributed by atoms with E-state index < -0.39 is 0 Å². The first kappa shape index (κ1) is 13.6. The summed E-state index contributed by atoms with van der Waals surface area (Å²) >= 11 is 15.0. The smallest absolute Gasteiger partial charge is 0.228 e. The number of anilines is 1. The van der Waals surface area contributed by atoms with Crippen molar-refractivity contribution < 1.29 is 4.79 Å². The van der Waals surface area contributed by atoms with Crippen molar-refractivity contribution in [1.82, 2.24) is 0 Å². The number of benzene rings is 1. The second-order valence-corrected chi connectivity index (χ2v) is 7.38. The zero-order valence-electron chi connectivity index (χ0n) is 9.54. The molecular weight excluding hydrogens is 413 g/mol. The van der Waals surface area contributed by atoms with Gasteiger partial charge in [-0.3, -0.25) is 4.79 Å². The fourth-order valence-electron chi connectivity index (χ4n) is 2.09. The lowest BCUT2D eigenvalue weighted by atomic mass is 10.1. The average molecular weight is 422 g/mol. The van der Waals surface area contributed by atoms with Gasteiger partial charge < -0.3 is 5.32 Å². The van der Waals surface area contributed by atoms with E-state index in [1.54, 1.807) is 11.3 Å². The molecule has 1 aliphatic rings. The van der Waals surface area contributed by atoms with E-state index in [4.69, 9.17) is 11.6 Å². The van der Waals surface area contributed by atoms with E-state index in [0.717, 1.165) is 31.2 Å². The van der Waals surface area contributed by atoms with Gasteiger partial charge in [0.25, 0.3) is 0 Å². The van der Waals surface area contributed by atoms with Gasteiger partial charge in [0.05, 0.1) is 16.3 Å². The number of hydrogen-bond acceptors (Lipinski definition) is 2. The number of amides is 1. The molecule has 1 amide bonds. The van der Waals surface area contributed by atoms with E-state index in [1.807, 2.05) is 23.6 Å². The van der Waals surface area contributed by atoms with E-state index in [2.05, 4.69) is 37.2 Å². The van der Waals surface area contributed by atoms with Crippen molar-refractivity contribution in [2.75, 3.05) is 5.32 Å². The Bertz CT molecular complexity index is 671. The van der Waals surface area contributed by atoms with Gasteiger partial charge in [-0.15, -0.1) is 11.3 Å². The Balaban J connectivity index is 2.05. The van der Waals surface area contributed by atoms with Crippen LogP contribution in [0.4, 0.5) is 5.69 Å². The number of halogens is 3. The molecule has 2 heterocycles. The Morgan fingerprint density at radius 3 is 2.89 bits per heavy atom. The SMILES string of the molecule is O=C1Cc2cc(C(Br)c3sccc3Cl)c(Br)cc2N1. The van der Waals surface area contributed by atoms with E-state index in [9.17, 15) is 4.79 Å². The predicted molar refractivity (Wildman–Crippen MR) is 86.6 cm³/mol. The molecule has 1 aliphatic heterocycles. The zero-order valence-corrected chi connectivity index (χ0v) is 14.3. The van der Waals surface area contributed by atoms with Crippen molar-refractivity contribution >= 4 is 66.4 Å². The Morgan fingerprint density at radius 2 is 2.21 bits per heavy atom. The largest absolute Gasteiger partial charge is 0.325 e. The van der Waals surface area contributed by atoms with Crippen LogP contribution in [0.5, 0.6) is 0 Å². The van der Waals surface area contributed by atoms with E-state index in [0.29, 0.717) is 6.42 Å². The van der Waals surface area contributed by atoms with Crippen molar-refractivity contribution in [3.63, 3.8) is 0 Å². The Morgan fingerprint density at radius 1 is 1.42 bits per heavy atom. The van der Waals surface area contributed by atoms with E-state index in [1.165, 1.54) is 0 Å². The molecule has 0 fully saturated rings. The fraction of sp³-hybridized carbons (Fsp3) is 0.154. The van der Waals surface area contributed by atoms with Crippen molar-refractivity contribution in [3.05, 3.63) is 49.1 Å². The van der Waals surface area contributed by atoms with Gasteiger partial charge in [-0.1, -0.05) is 49.5 Å². The van der Waals surface area contributed by atoms with Crippen LogP contribution in [0.2, 0.25) is 5.02 Å². The predicted octanol–water partition coefficient (Wildman–Crippen LogP) is 5.14. The van der Waals surface area contributed by atoms with Crippen LogP contribution in [-0.4, -0.2) is 5.91 Å². The number of carbonyl (C=O) groups excluding carboxylic acids is 1. The average Bonchev–Trinajstić information content (AvgIpc) is 2.92. The molecule has 1 N–H and O–H groups in total. The van der Waals surface area contributed by atoms with Gasteiger partial charge in [0.2, 0.25) is 5.91 Å². The zero-order chi connectivity index (χ0) is 13.6. The molecule has 0 aliphatic carbocycles. The van der Waals surface area contributed by atoms with Crippen molar-refractivity contribution in [1.29, 1.82) is 0 Å². The minimum Gasteiger partial charge on any atom is -0.325 e. The molecule has 2 nitrogen and oxygen atoms in total. The number of thiophene rings is 1. The maximum Gasteiger partial charge on any atom is 0.228 e. The molecule has 1 aromatic heterocycles. The molecule has 6 heteroatoms. The maximum absolute atomic E-state index is 11.4. The summed E-state index contributed by atoms with van der Waals surface area (Å²) in [7, 11) is 0. The molecule has 19 heavy (non-hydrogen) atoms. The lowest BCUT2D eigenvalue weighted by Crippen LogP contribution is -2.03. The fourth-order valence-corrected chi connectivity index (χ4v) is 5.21. The normalized spacial score (nSPS) is 15.2. The first-order valence-corrected chi connectivity index (χ1v) is 8.52. The van der Waals surface area contributed by atoms with Crippen molar-refractivity contribution in [3.8, 4) is 0 Å². The second kappa shape index (κ2) is 5.20. The highest BCUT2D eigenvalue weighted by molar-refractivity contribution is 9.11. The molecule has 1 unspecified atom stereocenters. The third-order valence-corrected chi connectivity index (χ3v) is 6.36. The number of rotatable bonds is 2. The molecule has 1 aromatic carbocycles. The first-order chi connectivity index (χ1) is 9.06. The summed E-state index contributed by atoms with van der Waals surface area (Å²) in [4.78, 5) is 12.5. The van der Waals surface area contributed by atoms with Gasteiger partial charge in [0, 0.05) is 15.0 Å². The van der Waals surface area contributed by atoms with Gasteiger partial charge >= 0.3 is 0 Å². The molecule has 3 rings (SSSR count). The lowest BCUT2D eigenvalue weighted by Gasteiger charge is -2.13. The third-order valence-electron chi connectivity index (χ3n) is 3.00. The Kier molecular flexibility index (Phi) is 3.73. The van der Waals surface area contributed by atoms with Gasteiger partial charge in [-0.05, 0) is 28.6 Å². The van der Waals surface area contributed by atoms with Gasteiger partial charge in [0.1, 0.15) is 0 Å². The molecule has 0 radical (unpaired) electrons. The van der Waals surface area contributed by atoms with Crippen molar-refractivity contribution in [2.45, 2.75) is 11.2 Å². The highest BCUT2D eigenvalue weighted by Crippen LogP contribution is 2.43. The van der Waals surface area contributed by atoms with Crippen LogP contribution < -0.4 is 5.32 Å². The number of fused-ring (bicyclic) bond motifs is 1. The Labute approximate surface area is 136 Å². The lowest BCUT2D eigenvalue weighted by molar-refractivity contribution is -0.115. The number of nitrogens with one attached hydrogen (secondary N) is 1. The number of carbonyl (C=O) groups is 1. The summed E-state index contributed by atoms with van der Waals surface area (Å²) in [5, 5.41) is 5.57. The van der Waals surface area contributed by atoms with Crippen molar-refractivity contribution in [2.24, 2.45) is 0 Å². The second-order valence-electron chi connectivity index (χ2n) is 4.25. The first-order valence-electron chi connectivity index (χ1n) is 5.55. The highest BCUT2D eigenvalue weighted by atomic mass is 79.9. The van der Waals surface area contributed by atoms with Crippen LogP contribution in [0.15, 0.2) is 28.1 Å². The van der Waals surface area contributed by atoms with E-state index >= 15 is 0 Å². The molecule has 0 spiro atoms. The molecule has 0 saturated carbocycles. The molecule has 2 aromatic rings. The third kappa shape index (κ3) is 2.49. The maximum atomic E-state index is 11.4. The van der Waals surface area contributed by atoms with E-state index in [-0.39, 0.29) is 10.7 Å². The highest BCUT2D eigenvalue weighted by Gasteiger charge is 2.23. The number of hydrogen-bond donors (Lipinski definition) is 1. The topological polar surface area (TPSA) is 29.1 Å². The van der Waals surface area contributed by atoms with Gasteiger partial charge in [0.15, 0.2) is 0 Å². The van der Waals surface area contributed by atoms with Crippen LogP contribution in [0.1, 0.15) is 20.8 Å². The van der Waals surface area contributed by atoms with Gasteiger partial charge in [-0.25, -0.2) is 0 Å². The molecule has 98 valence electrons. The Hall–Kier alpha value is -0.360. The van der Waals surface area contributed by atoms with Crippen LogP contribution in [-0.2, 0) is 11.2 Å². The summed E-state index contributed by atoms with van der Waals surface area (Å²) in [6.45, 7) is 0. The molecule has 0 bridgehead atoms. The minimum absolute atomic E-state index is 0.0235. The van der Waals surface area contributed by atoms with Crippen LogP contribution >= 0.6 is 54.8 Å². The summed E-state index contributed by atoms with van der Waals surface area (Å²) in [5.41, 5.74) is 3.00. The molecule has 1 atom stereocenters. The standard InChI is InChI=1S/C13H8Br2ClNOS/c14-8-5-10-6(4-11(18)17-10)3-7(8)12(15)13-9(16)1-2-19-13/h1-3,5,12H,4H2,(H,17,18). The van der Waals surface area contributed by atoms with Crippen LogP contribution in [0.3, 0.4) is 0 Å². The van der Waals surface area contributed by atoms with Crippen LogP contribution in [0.25, 0.3) is 0 Å². The van der Waals surface area contributed by atoms with Crippen LogP contribution in [0, 0.1) is 0 Å². The number of alkyl halides is 1. The molecule has 0 saturated heterocycles. The monoisotopic (exact) mass is 419 g/mol. The summed E-state index contributed by atoms with van der Waals surface area (Å²) < 4.78 is 0.958. The minimum atomic E-state index is 0.0235. The summed E-state index contributed by atoms with van der Waals surface area (Å²) in [6, 6.07) is 5.89.